The molecular formula is C20H13ClO3. The van der Waals surface area contributed by atoms with Gasteiger partial charge < -0.3 is 9.15 Å². The maximum atomic E-state index is 12.0. The molecule has 0 aliphatic carbocycles. The summed E-state index contributed by atoms with van der Waals surface area (Å²) in [7, 11) is 0. The summed E-state index contributed by atoms with van der Waals surface area (Å²) in [6, 6.07) is 20.4. The first-order valence-corrected chi connectivity index (χ1v) is 7.91. The lowest BCUT2D eigenvalue weighted by molar-refractivity contribution is 0.306. The summed E-state index contributed by atoms with van der Waals surface area (Å²) in [6.45, 7) is 0.422. The highest BCUT2D eigenvalue weighted by atomic mass is 35.5. The number of benzene rings is 3. The lowest BCUT2D eigenvalue weighted by atomic mass is 10.1. The molecule has 0 aliphatic heterocycles. The lowest BCUT2D eigenvalue weighted by Crippen LogP contribution is -2.00. The van der Waals surface area contributed by atoms with E-state index in [4.69, 9.17) is 20.8 Å². The normalized spacial score (nSPS) is 11.0. The number of halogens is 1. The molecule has 4 rings (SSSR count). The molecule has 4 aromatic rings. The highest BCUT2D eigenvalue weighted by Crippen LogP contribution is 2.24. The van der Waals surface area contributed by atoms with Crippen LogP contribution < -0.4 is 10.4 Å². The smallest absolute Gasteiger partial charge is 0.344 e. The summed E-state index contributed by atoms with van der Waals surface area (Å²) < 4.78 is 11.2. The van der Waals surface area contributed by atoms with Gasteiger partial charge in [-0.2, -0.15) is 0 Å². The van der Waals surface area contributed by atoms with Crippen molar-refractivity contribution in [2.45, 2.75) is 6.61 Å². The Morgan fingerprint density at radius 3 is 2.42 bits per heavy atom. The fourth-order valence-electron chi connectivity index (χ4n) is 2.71. The third-order valence-electron chi connectivity index (χ3n) is 3.90. The molecular weight excluding hydrogens is 324 g/mol. The van der Waals surface area contributed by atoms with E-state index in [-0.39, 0.29) is 5.63 Å². The molecule has 0 bridgehead atoms. The number of rotatable bonds is 3. The van der Waals surface area contributed by atoms with E-state index >= 15 is 0 Å². The Balaban J connectivity index is 1.72. The van der Waals surface area contributed by atoms with Gasteiger partial charge >= 0.3 is 5.63 Å². The average Bonchev–Trinajstić information content (AvgIpc) is 2.62. The molecule has 3 aromatic carbocycles. The van der Waals surface area contributed by atoms with Crippen LogP contribution in [0.4, 0.5) is 0 Å². The largest absolute Gasteiger partial charge is 0.489 e. The standard InChI is InChI=1S/C20H13ClO3/c21-14-6-8-15(9-7-14)23-12-13-5-10-19-18(11-13)16-3-1-2-4-17(16)20(22)24-19/h1-11H,12H2. The predicted octanol–water partition coefficient (Wildman–Crippen LogP) is 5.18. The van der Waals surface area contributed by atoms with Gasteiger partial charge in [-0.15, -0.1) is 0 Å². The van der Waals surface area contributed by atoms with Crippen LogP contribution in [0.3, 0.4) is 0 Å². The molecule has 24 heavy (non-hydrogen) atoms. The van der Waals surface area contributed by atoms with Gasteiger partial charge in [0.1, 0.15) is 17.9 Å². The van der Waals surface area contributed by atoms with Gasteiger partial charge in [-0.05, 0) is 53.4 Å². The van der Waals surface area contributed by atoms with E-state index in [1.165, 1.54) is 0 Å². The number of hydrogen-bond acceptors (Lipinski definition) is 3. The van der Waals surface area contributed by atoms with Gasteiger partial charge in [-0.1, -0.05) is 35.9 Å². The third-order valence-corrected chi connectivity index (χ3v) is 4.15. The minimum Gasteiger partial charge on any atom is -0.489 e. The first kappa shape index (κ1) is 14.8. The average molecular weight is 337 g/mol. The van der Waals surface area contributed by atoms with Crippen molar-refractivity contribution in [2.24, 2.45) is 0 Å². The van der Waals surface area contributed by atoms with Gasteiger partial charge in [0.25, 0.3) is 0 Å². The van der Waals surface area contributed by atoms with Crippen LogP contribution in [0.5, 0.6) is 5.75 Å². The molecule has 4 heteroatoms. The fraction of sp³-hybridized carbons (Fsp3) is 0.0500. The molecule has 0 saturated carbocycles. The van der Waals surface area contributed by atoms with Crippen LogP contribution >= 0.6 is 11.6 Å². The van der Waals surface area contributed by atoms with E-state index in [0.717, 1.165) is 22.1 Å². The number of fused-ring (bicyclic) bond motifs is 3. The number of ether oxygens (including phenoxy) is 1. The Kier molecular flexibility index (Phi) is 3.71. The van der Waals surface area contributed by atoms with Gasteiger partial charge in [0.05, 0.1) is 5.39 Å². The first-order valence-electron chi connectivity index (χ1n) is 7.53. The van der Waals surface area contributed by atoms with E-state index in [9.17, 15) is 4.79 Å². The molecule has 118 valence electrons. The van der Waals surface area contributed by atoms with Crippen molar-refractivity contribution in [1.82, 2.24) is 0 Å². The van der Waals surface area contributed by atoms with Crippen LogP contribution in [0.15, 0.2) is 75.9 Å². The fourth-order valence-corrected chi connectivity index (χ4v) is 2.84. The molecule has 1 heterocycles. The van der Waals surface area contributed by atoms with Crippen molar-refractivity contribution in [2.75, 3.05) is 0 Å². The van der Waals surface area contributed by atoms with Gasteiger partial charge in [0.15, 0.2) is 0 Å². The monoisotopic (exact) mass is 336 g/mol. The second kappa shape index (κ2) is 6.02. The van der Waals surface area contributed by atoms with Crippen LogP contribution in [0, 0.1) is 0 Å². The predicted molar refractivity (Wildman–Crippen MR) is 95.8 cm³/mol. The first-order chi connectivity index (χ1) is 11.7. The zero-order valence-corrected chi connectivity index (χ0v) is 13.4. The van der Waals surface area contributed by atoms with E-state index < -0.39 is 0 Å². The second-order valence-corrected chi connectivity index (χ2v) is 5.94. The van der Waals surface area contributed by atoms with Crippen LogP contribution in [-0.4, -0.2) is 0 Å². The molecule has 0 unspecified atom stereocenters. The van der Waals surface area contributed by atoms with Gasteiger partial charge in [0.2, 0.25) is 0 Å². The minimum absolute atomic E-state index is 0.316. The molecule has 0 atom stereocenters. The molecule has 0 N–H and O–H groups in total. The van der Waals surface area contributed by atoms with E-state index in [1.54, 1.807) is 18.2 Å². The van der Waals surface area contributed by atoms with Crippen LogP contribution in [0.25, 0.3) is 21.7 Å². The van der Waals surface area contributed by atoms with Crippen LogP contribution in [0.2, 0.25) is 5.02 Å². The van der Waals surface area contributed by atoms with E-state index in [1.807, 2.05) is 48.5 Å². The molecule has 0 aliphatic rings. The molecule has 0 amide bonds. The maximum Gasteiger partial charge on any atom is 0.344 e. The molecule has 0 fully saturated rings. The SMILES string of the molecule is O=c1oc2ccc(COc3ccc(Cl)cc3)cc2c2ccccc12. The van der Waals surface area contributed by atoms with Crippen molar-refractivity contribution in [3.8, 4) is 5.75 Å². The Morgan fingerprint density at radius 2 is 1.62 bits per heavy atom. The van der Waals surface area contributed by atoms with Crippen molar-refractivity contribution < 1.29 is 9.15 Å². The summed E-state index contributed by atoms with van der Waals surface area (Å²) in [5, 5.41) is 3.05. The topological polar surface area (TPSA) is 39.4 Å². The second-order valence-electron chi connectivity index (χ2n) is 5.51. The Morgan fingerprint density at radius 1 is 0.875 bits per heavy atom. The molecule has 0 radical (unpaired) electrons. The Bertz CT molecular complexity index is 1080. The highest BCUT2D eigenvalue weighted by molar-refractivity contribution is 6.30. The van der Waals surface area contributed by atoms with Crippen molar-refractivity contribution in [3.63, 3.8) is 0 Å². The summed E-state index contributed by atoms with van der Waals surface area (Å²) in [5.74, 6) is 0.754. The minimum atomic E-state index is -0.316. The van der Waals surface area contributed by atoms with E-state index in [0.29, 0.717) is 22.6 Å². The third kappa shape index (κ3) is 2.74. The molecule has 3 nitrogen and oxygen atoms in total. The van der Waals surface area contributed by atoms with Gasteiger partial charge in [-0.3, -0.25) is 0 Å². The molecule has 1 aromatic heterocycles. The maximum absolute atomic E-state index is 12.0. The summed E-state index contributed by atoms with van der Waals surface area (Å²) in [6.07, 6.45) is 0. The summed E-state index contributed by atoms with van der Waals surface area (Å²) in [4.78, 5) is 12.0. The summed E-state index contributed by atoms with van der Waals surface area (Å²) in [5.41, 5.74) is 1.26. The number of hydrogen-bond donors (Lipinski definition) is 0. The zero-order chi connectivity index (χ0) is 16.5. The molecule has 0 spiro atoms. The van der Waals surface area contributed by atoms with Gasteiger partial charge in [0, 0.05) is 10.4 Å². The molecule has 0 saturated heterocycles. The van der Waals surface area contributed by atoms with E-state index in [2.05, 4.69) is 0 Å². The zero-order valence-electron chi connectivity index (χ0n) is 12.7. The van der Waals surface area contributed by atoms with Gasteiger partial charge in [-0.25, -0.2) is 4.79 Å². The lowest BCUT2D eigenvalue weighted by Gasteiger charge is -2.08. The van der Waals surface area contributed by atoms with Crippen molar-refractivity contribution >= 4 is 33.3 Å². The Hall–Kier alpha value is -2.78. The highest BCUT2D eigenvalue weighted by Gasteiger charge is 2.07. The summed E-state index contributed by atoms with van der Waals surface area (Å²) >= 11 is 5.87. The quantitative estimate of drug-likeness (QED) is 0.382. The van der Waals surface area contributed by atoms with Crippen LogP contribution in [0.1, 0.15) is 5.56 Å². The van der Waals surface area contributed by atoms with Crippen LogP contribution in [-0.2, 0) is 6.61 Å². The van der Waals surface area contributed by atoms with Crippen molar-refractivity contribution in [3.05, 3.63) is 87.7 Å². The Labute approximate surface area is 143 Å². The van der Waals surface area contributed by atoms with Crippen molar-refractivity contribution in [1.29, 1.82) is 0 Å².